The van der Waals surface area contributed by atoms with Crippen LogP contribution in [0.3, 0.4) is 0 Å². The van der Waals surface area contributed by atoms with Crippen molar-refractivity contribution in [2.45, 2.75) is 18.9 Å². The van der Waals surface area contributed by atoms with Gasteiger partial charge >= 0.3 is 0 Å². The van der Waals surface area contributed by atoms with Crippen molar-refractivity contribution in [1.29, 1.82) is 10.7 Å². The fraction of sp³-hybridized carbons (Fsp3) is 0.308. The summed E-state index contributed by atoms with van der Waals surface area (Å²) in [5, 5.41) is 23.6. The van der Waals surface area contributed by atoms with E-state index in [1.54, 1.807) is 30.3 Å². The van der Waals surface area contributed by atoms with Gasteiger partial charge in [-0.2, -0.15) is 9.65 Å². The van der Waals surface area contributed by atoms with E-state index in [-0.39, 0.29) is 34.2 Å². The summed E-state index contributed by atoms with van der Waals surface area (Å²) in [7, 11) is 1.68. The summed E-state index contributed by atoms with van der Waals surface area (Å²) in [6, 6.07) is 6.10. The van der Waals surface area contributed by atoms with Gasteiger partial charge in [0.15, 0.2) is 5.82 Å². The molecular weight excluding hydrogens is 464 g/mol. The highest BCUT2D eigenvalue weighted by Gasteiger charge is 2.35. The van der Waals surface area contributed by atoms with Crippen LogP contribution in [0.15, 0.2) is 53.0 Å². The van der Waals surface area contributed by atoms with Crippen LogP contribution in [0, 0.1) is 34.3 Å². The zero-order valence-corrected chi connectivity index (χ0v) is 19.7. The van der Waals surface area contributed by atoms with Crippen LogP contribution in [-0.2, 0) is 0 Å². The normalized spacial score (nSPS) is 22.4. The Balaban J connectivity index is 1.69. The van der Waals surface area contributed by atoms with Crippen molar-refractivity contribution in [3.8, 4) is 17.5 Å². The molecule has 0 amide bonds. The number of aromatic nitrogens is 2. The van der Waals surface area contributed by atoms with E-state index in [2.05, 4.69) is 15.6 Å². The van der Waals surface area contributed by atoms with Crippen molar-refractivity contribution >= 4 is 17.2 Å². The molecule has 0 bridgehead atoms. The molecule has 2 aromatic rings. The lowest BCUT2D eigenvalue weighted by Crippen LogP contribution is -2.46. The van der Waals surface area contributed by atoms with Gasteiger partial charge in [0, 0.05) is 43.5 Å². The average Bonchev–Trinajstić information content (AvgIpc) is 3.35. The Bertz CT molecular complexity index is 1430. The van der Waals surface area contributed by atoms with Gasteiger partial charge in [0.1, 0.15) is 17.7 Å². The van der Waals surface area contributed by atoms with Crippen LogP contribution in [0.1, 0.15) is 18.4 Å². The quantitative estimate of drug-likeness (QED) is 0.609. The number of fused-ring (bicyclic) bond motifs is 1. The zero-order chi connectivity index (χ0) is 25.4. The largest absolute Gasteiger partial charge is 0.393 e. The molecule has 2 fully saturated rings. The van der Waals surface area contributed by atoms with Crippen LogP contribution < -0.4 is 21.1 Å². The van der Waals surface area contributed by atoms with E-state index in [4.69, 9.17) is 10.7 Å². The van der Waals surface area contributed by atoms with E-state index in [9.17, 15) is 9.18 Å². The third-order valence-electron chi connectivity index (χ3n) is 6.91. The molecule has 3 N–H and O–H groups in total. The number of hydrogen-bond acceptors (Lipinski definition) is 7. The molecule has 8 nitrogen and oxygen atoms in total. The second kappa shape index (κ2) is 9.51. The third-order valence-corrected chi connectivity index (χ3v) is 6.91. The number of anilines is 1. The van der Waals surface area contributed by atoms with Gasteiger partial charge in [-0.05, 0) is 61.7 Å². The first-order valence-corrected chi connectivity index (χ1v) is 11.8. The minimum Gasteiger partial charge on any atom is -0.393 e. The van der Waals surface area contributed by atoms with Crippen molar-refractivity contribution in [1.82, 2.24) is 20.2 Å². The van der Waals surface area contributed by atoms with E-state index < -0.39 is 17.2 Å². The number of hydrogen-bond donors (Lipinski definition) is 3. The summed E-state index contributed by atoms with van der Waals surface area (Å²) in [5.41, 5.74) is 0.157. The molecule has 1 aromatic heterocycles. The van der Waals surface area contributed by atoms with Crippen LogP contribution in [-0.4, -0.2) is 48.0 Å². The minimum absolute atomic E-state index is 0.0551. The SMILES string of the molecule is CN/C=C1/C=C(n2c(-c3ccc(C#N)c(F)c3)nc(N3CCC4NCCC4C3)c(F)c2=O)C=CC1=N. The lowest BCUT2D eigenvalue weighted by atomic mass is 9.93. The van der Waals surface area contributed by atoms with Gasteiger partial charge in [-0.1, -0.05) is 0 Å². The molecule has 0 radical (unpaired) electrons. The van der Waals surface area contributed by atoms with E-state index >= 15 is 4.39 Å². The molecule has 2 atom stereocenters. The molecule has 10 heteroatoms. The molecule has 0 spiro atoms. The molecule has 0 saturated carbocycles. The van der Waals surface area contributed by atoms with E-state index in [1.165, 1.54) is 24.3 Å². The molecule has 3 heterocycles. The predicted octanol–water partition coefficient (Wildman–Crippen LogP) is 2.78. The Morgan fingerprint density at radius 3 is 2.89 bits per heavy atom. The Kier molecular flexibility index (Phi) is 6.24. The number of nitriles is 1. The Labute approximate surface area is 206 Å². The second-order valence-electron chi connectivity index (χ2n) is 9.07. The number of halogens is 2. The zero-order valence-electron chi connectivity index (χ0n) is 19.7. The first-order chi connectivity index (χ1) is 17.4. The molecule has 2 unspecified atom stereocenters. The Morgan fingerprint density at radius 2 is 2.14 bits per heavy atom. The molecule has 1 aromatic carbocycles. The van der Waals surface area contributed by atoms with Gasteiger partial charge in [0.2, 0.25) is 5.82 Å². The fourth-order valence-electron chi connectivity index (χ4n) is 5.08. The Morgan fingerprint density at radius 1 is 1.31 bits per heavy atom. The molecule has 2 saturated heterocycles. The van der Waals surface area contributed by atoms with Gasteiger partial charge < -0.3 is 20.9 Å². The average molecular weight is 490 g/mol. The molecule has 3 aliphatic rings. The maximum absolute atomic E-state index is 15.7. The topological polar surface area (TPSA) is 110 Å². The van der Waals surface area contributed by atoms with Crippen molar-refractivity contribution in [2.24, 2.45) is 5.92 Å². The van der Waals surface area contributed by atoms with E-state index in [0.29, 0.717) is 30.6 Å². The predicted molar refractivity (Wildman–Crippen MR) is 134 cm³/mol. The highest BCUT2D eigenvalue weighted by atomic mass is 19.1. The van der Waals surface area contributed by atoms with Crippen LogP contribution >= 0.6 is 0 Å². The summed E-state index contributed by atoms with van der Waals surface area (Å²) in [5.74, 6) is -1.40. The lowest BCUT2D eigenvalue weighted by Gasteiger charge is -2.36. The van der Waals surface area contributed by atoms with Crippen LogP contribution in [0.2, 0.25) is 0 Å². The Hall–Kier alpha value is -4.10. The number of nitrogens with one attached hydrogen (secondary N) is 3. The molecule has 184 valence electrons. The highest BCUT2D eigenvalue weighted by molar-refractivity contribution is 6.12. The maximum Gasteiger partial charge on any atom is 0.296 e. The van der Waals surface area contributed by atoms with Gasteiger partial charge in [-0.25, -0.2) is 9.37 Å². The van der Waals surface area contributed by atoms with Crippen molar-refractivity contribution in [3.63, 3.8) is 0 Å². The summed E-state index contributed by atoms with van der Waals surface area (Å²) < 4.78 is 31.4. The van der Waals surface area contributed by atoms with Crippen LogP contribution in [0.4, 0.5) is 14.6 Å². The number of rotatable bonds is 4. The molecule has 5 rings (SSSR count). The van der Waals surface area contributed by atoms with E-state index in [1.807, 2.05) is 0 Å². The smallest absolute Gasteiger partial charge is 0.296 e. The van der Waals surface area contributed by atoms with E-state index in [0.717, 1.165) is 30.0 Å². The van der Waals surface area contributed by atoms with Gasteiger partial charge in [0.25, 0.3) is 5.56 Å². The first-order valence-electron chi connectivity index (χ1n) is 11.8. The molecular formula is C26H25F2N7O. The third kappa shape index (κ3) is 4.12. The maximum atomic E-state index is 15.7. The summed E-state index contributed by atoms with van der Waals surface area (Å²) in [6.07, 6.45) is 7.96. The van der Waals surface area contributed by atoms with Crippen molar-refractivity contribution in [2.75, 3.05) is 31.6 Å². The summed E-state index contributed by atoms with van der Waals surface area (Å²) >= 11 is 0. The monoisotopic (exact) mass is 489 g/mol. The molecule has 36 heavy (non-hydrogen) atoms. The van der Waals surface area contributed by atoms with Gasteiger partial charge in [-0.3, -0.25) is 9.36 Å². The summed E-state index contributed by atoms with van der Waals surface area (Å²) in [6.45, 7) is 2.02. The van der Waals surface area contributed by atoms with Gasteiger partial charge in [0.05, 0.1) is 17.0 Å². The van der Waals surface area contributed by atoms with Crippen molar-refractivity contribution in [3.05, 3.63) is 75.8 Å². The van der Waals surface area contributed by atoms with Crippen LogP contribution in [0.5, 0.6) is 0 Å². The standard InChI is InChI=1S/C26H25F2N7O/c1-31-13-18-10-19(4-5-21(18)30)35-24(15-2-3-16(12-29)20(27)11-15)33-25(23(28)26(35)36)34-9-7-22-17(14-34)6-8-32-22/h2-5,10-11,13,17,22,30-32H,6-9,14H2,1H3/b18-13-,30-21?. The second-order valence-corrected chi connectivity index (χ2v) is 9.07. The van der Waals surface area contributed by atoms with Crippen molar-refractivity contribution < 1.29 is 8.78 Å². The number of benzene rings is 1. The van der Waals surface area contributed by atoms with Gasteiger partial charge in [-0.15, -0.1) is 0 Å². The fourth-order valence-corrected chi connectivity index (χ4v) is 5.08. The minimum atomic E-state index is -0.980. The first kappa shape index (κ1) is 23.6. The summed E-state index contributed by atoms with van der Waals surface area (Å²) in [4.78, 5) is 19.9. The molecule has 2 aliphatic heterocycles. The number of allylic oxidation sites excluding steroid dienone is 5. The highest BCUT2D eigenvalue weighted by Crippen LogP contribution is 2.31. The lowest BCUT2D eigenvalue weighted by molar-refractivity contribution is 0.371. The number of piperidine rings is 1. The molecule has 1 aliphatic carbocycles. The number of nitrogens with zero attached hydrogens (tertiary/aromatic N) is 4. The van der Waals surface area contributed by atoms with Crippen LogP contribution in [0.25, 0.3) is 17.1 Å².